The van der Waals surface area contributed by atoms with Crippen molar-refractivity contribution in [3.05, 3.63) is 23.0 Å². The fourth-order valence-electron chi connectivity index (χ4n) is 3.17. The number of aromatic amines is 1. The molecule has 1 N–H and O–H groups in total. The number of nitrogens with zero attached hydrogens (tertiary/aromatic N) is 2. The van der Waals surface area contributed by atoms with Crippen LogP contribution in [0.4, 0.5) is 0 Å². The minimum atomic E-state index is 0.245. The smallest absolute Gasteiger partial charge is 0.178 e. The molecule has 0 bridgehead atoms. The average molecular weight is 277 g/mol. The second-order valence-electron chi connectivity index (χ2n) is 6.06. The zero-order chi connectivity index (χ0) is 14.7. The van der Waals surface area contributed by atoms with Gasteiger partial charge in [-0.05, 0) is 46.3 Å². The van der Waals surface area contributed by atoms with Gasteiger partial charge < -0.3 is 9.88 Å². The normalized spacial score (nSPS) is 21.9. The van der Waals surface area contributed by atoms with Crippen LogP contribution in [0.1, 0.15) is 41.5 Å². The molecule has 1 saturated heterocycles. The van der Waals surface area contributed by atoms with Crippen molar-refractivity contribution in [2.45, 2.75) is 39.7 Å². The second-order valence-corrected chi connectivity index (χ2v) is 6.06. The van der Waals surface area contributed by atoms with E-state index in [0.717, 1.165) is 49.4 Å². The monoisotopic (exact) mass is 277 g/mol. The molecule has 1 aliphatic rings. The van der Waals surface area contributed by atoms with Crippen molar-refractivity contribution in [1.82, 2.24) is 14.8 Å². The van der Waals surface area contributed by atoms with Crippen molar-refractivity contribution in [3.8, 4) is 0 Å². The van der Waals surface area contributed by atoms with Crippen LogP contribution in [0.2, 0.25) is 0 Å². The van der Waals surface area contributed by atoms with Crippen molar-refractivity contribution in [2.24, 2.45) is 0 Å². The molecule has 0 saturated carbocycles. The van der Waals surface area contributed by atoms with E-state index in [1.165, 1.54) is 0 Å². The average Bonchev–Trinajstić information content (AvgIpc) is 2.63. The number of carbonyl (C=O) groups excluding carboxylic acids is 1. The number of H-pyrrole nitrogens is 1. The summed E-state index contributed by atoms with van der Waals surface area (Å²) in [6.45, 7) is 9.96. The van der Waals surface area contributed by atoms with Gasteiger partial charge in [-0.1, -0.05) is 6.92 Å². The van der Waals surface area contributed by atoms with Crippen molar-refractivity contribution < 1.29 is 4.79 Å². The summed E-state index contributed by atoms with van der Waals surface area (Å²) in [5.74, 6) is 0.245. The topological polar surface area (TPSA) is 39.3 Å². The Morgan fingerprint density at radius 2 is 2.15 bits per heavy atom. The van der Waals surface area contributed by atoms with Gasteiger partial charge in [0.25, 0.3) is 0 Å². The molecule has 1 aliphatic heterocycles. The Labute approximate surface area is 122 Å². The summed E-state index contributed by atoms with van der Waals surface area (Å²) < 4.78 is 0. The fourth-order valence-corrected chi connectivity index (χ4v) is 3.17. The van der Waals surface area contributed by atoms with Crippen molar-refractivity contribution in [3.63, 3.8) is 0 Å². The van der Waals surface area contributed by atoms with Crippen molar-refractivity contribution >= 4 is 5.78 Å². The number of rotatable bonds is 4. The van der Waals surface area contributed by atoms with Gasteiger partial charge in [0.2, 0.25) is 0 Å². The molecular weight excluding hydrogens is 250 g/mol. The molecule has 1 aromatic heterocycles. The molecule has 20 heavy (non-hydrogen) atoms. The van der Waals surface area contributed by atoms with Crippen LogP contribution >= 0.6 is 0 Å². The van der Waals surface area contributed by atoms with Crippen LogP contribution in [-0.4, -0.2) is 59.8 Å². The Balaban J connectivity index is 2.07. The molecule has 1 aromatic rings. The Kier molecular flexibility index (Phi) is 5.00. The third kappa shape index (κ3) is 3.49. The predicted octanol–water partition coefficient (Wildman–Crippen LogP) is 2.23. The highest BCUT2D eigenvalue weighted by Crippen LogP contribution is 2.15. The largest absolute Gasteiger partial charge is 0.362 e. The van der Waals surface area contributed by atoms with Crippen LogP contribution in [-0.2, 0) is 0 Å². The second kappa shape index (κ2) is 6.55. The summed E-state index contributed by atoms with van der Waals surface area (Å²) in [7, 11) is 2.17. The predicted molar refractivity (Wildman–Crippen MR) is 82.4 cm³/mol. The van der Waals surface area contributed by atoms with Gasteiger partial charge in [0.1, 0.15) is 0 Å². The molecule has 1 atom stereocenters. The zero-order valence-corrected chi connectivity index (χ0v) is 13.2. The van der Waals surface area contributed by atoms with E-state index >= 15 is 0 Å². The lowest BCUT2D eigenvalue weighted by Gasteiger charge is -2.29. The van der Waals surface area contributed by atoms with E-state index < -0.39 is 0 Å². The number of Topliss-reactive ketones (excluding diaryl/α,β-unsaturated/α-hetero) is 1. The molecule has 0 amide bonds. The number of ketones is 1. The first-order valence-corrected chi connectivity index (χ1v) is 7.63. The highest BCUT2D eigenvalue weighted by atomic mass is 16.1. The van der Waals surface area contributed by atoms with Gasteiger partial charge in [-0.3, -0.25) is 9.69 Å². The van der Waals surface area contributed by atoms with E-state index in [1.54, 1.807) is 0 Å². The number of aromatic nitrogens is 1. The molecule has 2 rings (SSSR count). The molecule has 0 aromatic carbocycles. The quantitative estimate of drug-likeness (QED) is 0.858. The van der Waals surface area contributed by atoms with Crippen LogP contribution < -0.4 is 0 Å². The molecule has 0 aliphatic carbocycles. The molecule has 2 heterocycles. The summed E-state index contributed by atoms with van der Waals surface area (Å²) in [4.78, 5) is 20.5. The first kappa shape index (κ1) is 15.3. The van der Waals surface area contributed by atoms with Crippen LogP contribution in [0.5, 0.6) is 0 Å². The van der Waals surface area contributed by atoms with Crippen molar-refractivity contribution in [2.75, 3.05) is 33.2 Å². The number of likely N-dealkylation sites (N-methyl/N-ethyl adjacent to an activating group) is 1. The van der Waals surface area contributed by atoms with E-state index in [-0.39, 0.29) is 5.78 Å². The van der Waals surface area contributed by atoms with Crippen LogP contribution in [0.3, 0.4) is 0 Å². The first-order valence-electron chi connectivity index (χ1n) is 7.63. The standard InChI is InChI=1S/C16H27N3O/c1-5-14-10-18(4)7-6-8-19(14)11-16(20)15-9-12(2)17-13(15)3/h9,14,17H,5-8,10-11H2,1-4H3. The molecular formula is C16H27N3O. The Bertz CT molecular complexity index is 466. The minimum absolute atomic E-state index is 0.245. The maximum absolute atomic E-state index is 12.5. The third-order valence-corrected chi connectivity index (χ3v) is 4.29. The van der Waals surface area contributed by atoms with E-state index in [2.05, 4.69) is 28.8 Å². The number of carbonyl (C=O) groups is 1. The van der Waals surface area contributed by atoms with Crippen LogP contribution in [0.25, 0.3) is 0 Å². The van der Waals surface area contributed by atoms with Gasteiger partial charge in [-0.25, -0.2) is 0 Å². The minimum Gasteiger partial charge on any atom is -0.362 e. The summed E-state index contributed by atoms with van der Waals surface area (Å²) in [5, 5.41) is 0. The molecule has 1 unspecified atom stereocenters. The summed E-state index contributed by atoms with van der Waals surface area (Å²) in [5.41, 5.74) is 2.91. The Morgan fingerprint density at radius 1 is 1.40 bits per heavy atom. The first-order chi connectivity index (χ1) is 9.51. The third-order valence-electron chi connectivity index (χ3n) is 4.29. The van der Waals surface area contributed by atoms with Gasteiger partial charge >= 0.3 is 0 Å². The van der Waals surface area contributed by atoms with E-state index in [9.17, 15) is 4.79 Å². The van der Waals surface area contributed by atoms with E-state index in [1.807, 2.05) is 19.9 Å². The highest BCUT2D eigenvalue weighted by molar-refractivity contribution is 5.98. The van der Waals surface area contributed by atoms with Gasteiger partial charge in [0.05, 0.1) is 6.54 Å². The molecule has 1 fully saturated rings. The SMILES string of the molecule is CCC1CN(C)CCCN1CC(=O)c1cc(C)[nH]c1C. The lowest BCUT2D eigenvalue weighted by molar-refractivity contribution is 0.0887. The van der Waals surface area contributed by atoms with E-state index in [0.29, 0.717) is 12.6 Å². The van der Waals surface area contributed by atoms with Gasteiger partial charge in [-0.2, -0.15) is 0 Å². The fraction of sp³-hybridized carbons (Fsp3) is 0.688. The Hall–Kier alpha value is -1.13. The zero-order valence-electron chi connectivity index (χ0n) is 13.2. The number of aryl methyl sites for hydroxylation is 2. The number of hydrogen-bond acceptors (Lipinski definition) is 3. The van der Waals surface area contributed by atoms with Gasteiger partial charge in [-0.15, -0.1) is 0 Å². The lowest BCUT2D eigenvalue weighted by atomic mass is 10.1. The Morgan fingerprint density at radius 3 is 2.75 bits per heavy atom. The summed E-state index contributed by atoms with van der Waals surface area (Å²) >= 11 is 0. The highest BCUT2D eigenvalue weighted by Gasteiger charge is 2.24. The van der Waals surface area contributed by atoms with Crippen LogP contribution in [0.15, 0.2) is 6.07 Å². The maximum Gasteiger partial charge on any atom is 0.178 e. The lowest BCUT2D eigenvalue weighted by Crippen LogP contribution is -2.42. The molecule has 112 valence electrons. The molecule has 0 spiro atoms. The molecule has 0 radical (unpaired) electrons. The maximum atomic E-state index is 12.5. The van der Waals surface area contributed by atoms with Crippen LogP contribution in [0, 0.1) is 13.8 Å². The summed E-state index contributed by atoms with van der Waals surface area (Å²) in [6, 6.07) is 2.47. The molecule has 4 nitrogen and oxygen atoms in total. The summed E-state index contributed by atoms with van der Waals surface area (Å²) in [6.07, 6.45) is 2.24. The van der Waals surface area contributed by atoms with Gasteiger partial charge in [0, 0.05) is 36.1 Å². The van der Waals surface area contributed by atoms with Crippen molar-refractivity contribution in [1.29, 1.82) is 0 Å². The number of hydrogen-bond donors (Lipinski definition) is 1. The number of nitrogens with one attached hydrogen (secondary N) is 1. The molecule has 4 heteroatoms. The van der Waals surface area contributed by atoms with Gasteiger partial charge in [0.15, 0.2) is 5.78 Å². The van der Waals surface area contributed by atoms with E-state index in [4.69, 9.17) is 0 Å².